The van der Waals surface area contributed by atoms with E-state index in [0.29, 0.717) is 22.8 Å². The number of aryl methyl sites for hydroxylation is 1. The second kappa shape index (κ2) is 7.52. The smallest absolute Gasteiger partial charge is 0.291 e. The lowest BCUT2D eigenvalue weighted by molar-refractivity contribution is -0.385. The highest BCUT2D eigenvalue weighted by molar-refractivity contribution is 6.02. The lowest BCUT2D eigenvalue weighted by Crippen LogP contribution is -2.10. The van der Waals surface area contributed by atoms with Crippen LogP contribution in [0.3, 0.4) is 0 Å². The van der Waals surface area contributed by atoms with Gasteiger partial charge in [-0.3, -0.25) is 14.9 Å². The Kier molecular flexibility index (Phi) is 4.98. The van der Waals surface area contributed by atoms with E-state index in [1.54, 1.807) is 37.3 Å². The van der Waals surface area contributed by atoms with E-state index in [2.05, 4.69) is 5.32 Å². The van der Waals surface area contributed by atoms with E-state index in [-0.39, 0.29) is 24.0 Å². The fourth-order valence-electron chi connectivity index (χ4n) is 2.37. The topological polar surface area (TPSA) is 94.6 Å². The number of nitrogens with one attached hydrogen (secondary N) is 1. The Balaban J connectivity index is 1.61. The lowest BCUT2D eigenvalue weighted by atomic mass is 10.2. The summed E-state index contributed by atoms with van der Waals surface area (Å²) in [7, 11) is 0. The van der Waals surface area contributed by atoms with Gasteiger partial charge in [0.2, 0.25) is 0 Å². The molecule has 26 heavy (non-hydrogen) atoms. The molecule has 132 valence electrons. The van der Waals surface area contributed by atoms with Gasteiger partial charge in [0.1, 0.15) is 18.1 Å². The molecule has 1 heterocycles. The van der Waals surface area contributed by atoms with Crippen molar-refractivity contribution in [2.75, 3.05) is 5.32 Å². The fraction of sp³-hybridized carbons (Fsp3) is 0.105. The van der Waals surface area contributed by atoms with Gasteiger partial charge >= 0.3 is 0 Å². The van der Waals surface area contributed by atoms with Gasteiger partial charge in [-0.25, -0.2) is 0 Å². The number of carbonyl (C=O) groups excluding carboxylic acids is 1. The summed E-state index contributed by atoms with van der Waals surface area (Å²) in [5.74, 6) is 0.778. The van der Waals surface area contributed by atoms with Crippen LogP contribution in [0.1, 0.15) is 21.9 Å². The molecule has 0 spiro atoms. The van der Waals surface area contributed by atoms with Crippen molar-refractivity contribution >= 4 is 17.3 Å². The van der Waals surface area contributed by atoms with Crippen molar-refractivity contribution < 1.29 is 18.9 Å². The maximum atomic E-state index is 12.1. The molecule has 1 N–H and O–H groups in total. The van der Waals surface area contributed by atoms with E-state index in [1.165, 1.54) is 12.1 Å². The van der Waals surface area contributed by atoms with Crippen LogP contribution in [0.15, 0.2) is 65.1 Å². The Labute approximate surface area is 149 Å². The summed E-state index contributed by atoms with van der Waals surface area (Å²) in [6.45, 7) is 1.75. The van der Waals surface area contributed by atoms with Crippen LogP contribution in [0.4, 0.5) is 11.4 Å². The number of anilines is 1. The number of nitro benzene ring substituents is 1. The highest BCUT2D eigenvalue weighted by Gasteiger charge is 2.13. The second-order valence-electron chi connectivity index (χ2n) is 5.58. The van der Waals surface area contributed by atoms with Gasteiger partial charge in [-0.15, -0.1) is 0 Å². The maximum Gasteiger partial charge on any atom is 0.291 e. The van der Waals surface area contributed by atoms with Crippen molar-refractivity contribution in [1.82, 2.24) is 0 Å². The lowest BCUT2D eigenvalue weighted by Gasteiger charge is -2.05. The summed E-state index contributed by atoms with van der Waals surface area (Å²) >= 11 is 0. The molecule has 0 fully saturated rings. The molecule has 3 aromatic rings. The van der Waals surface area contributed by atoms with Gasteiger partial charge in [0.25, 0.3) is 11.6 Å². The van der Waals surface area contributed by atoms with Crippen molar-refractivity contribution in [3.05, 3.63) is 87.9 Å². The summed E-state index contributed by atoms with van der Waals surface area (Å²) in [6.07, 6.45) is 0. The molecule has 0 aliphatic rings. The van der Waals surface area contributed by atoms with E-state index in [0.717, 1.165) is 0 Å². The normalized spacial score (nSPS) is 10.3. The Bertz CT molecular complexity index is 934. The molecule has 0 aliphatic heterocycles. The molecule has 7 heteroatoms. The highest BCUT2D eigenvalue weighted by atomic mass is 16.6. The fourth-order valence-corrected chi connectivity index (χ4v) is 2.37. The molecule has 7 nitrogen and oxygen atoms in total. The first-order chi connectivity index (χ1) is 12.5. The Hall–Kier alpha value is -3.61. The van der Waals surface area contributed by atoms with Gasteiger partial charge in [-0.05, 0) is 43.3 Å². The largest absolute Gasteiger partial charge is 0.486 e. The van der Waals surface area contributed by atoms with Crippen LogP contribution in [-0.2, 0) is 6.61 Å². The standard InChI is InChI=1S/C19H16N2O5/c1-13-11-15(7-9-17(13)21(23)24)25-12-16-8-10-18(26-16)19(22)20-14-5-3-2-4-6-14/h2-11H,12H2,1H3,(H,20,22). The average molecular weight is 352 g/mol. The number of carbonyl (C=O) groups is 1. The Morgan fingerprint density at radius 1 is 1.15 bits per heavy atom. The average Bonchev–Trinajstić information content (AvgIpc) is 3.10. The zero-order chi connectivity index (χ0) is 18.5. The van der Waals surface area contributed by atoms with E-state index >= 15 is 0 Å². The number of nitrogens with zero attached hydrogens (tertiary/aromatic N) is 1. The molecule has 0 unspecified atom stereocenters. The summed E-state index contributed by atoms with van der Waals surface area (Å²) in [6, 6.07) is 16.8. The molecular weight excluding hydrogens is 336 g/mol. The molecule has 1 aromatic heterocycles. The number of nitro groups is 1. The number of rotatable bonds is 6. The second-order valence-corrected chi connectivity index (χ2v) is 5.58. The molecule has 0 bridgehead atoms. The minimum Gasteiger partial charge on any atom is -0.486 e. The van der Waals surface area contributed by atoms with E-state index < -0.39 is 4.92 Å². The van der Waals surface area contributed by atoms with Crippen LogP contribution < -0.4 is 10.1 Å². The number of amides is 1. The van der Waals surface area contributed by atoms with Gasteiger partial charge in [0.15, 0.2) is 5.76 Å². The number of ether oxygens (including phenoxy) is 1. The van der Waals surface area contributed by atoms with Crippen LogP contribution in [0, 0.1) is 17.0 Å². The predicted octanol–water partition coefficient (Wildman–Crippen LogP) is 4.33. The molecule has 0 atom stereocenters. The van der Waals surface area contributed by atoms with Gasteiger partial charge in [0.05, 0.1) is 4.92 Å². The van der Waals surface area contributed by atoms with Crippen LogP contribution in [0.5, 0.6) is 5.75 Å². The summed E-state index contributed by atoms with van der Waals surface area (Å²) in [4.78, 5) is 22.5. The Morgan fingerprint density at radius 3 is 2.62 bits per heavy atom. The molecule has 0 saturated heterocycles. The molecule has 0 aliphatic carbocycles. The van der Waals surface area contributed by atoms with Crippen molar-refractivity contribution in [3.63, 3.8) is 0 Å². The monoisotopic (exact) mass is 352 g/mol. The predicted molar refractivity (Wildman–Crippen MR) is 95.3 cm³/mol. The molecule has 2 aromatic carbocycles. The molecule has 0 radical (unpaired) electrons. The molecule has 1 amide bonds. The first-order valence-corrected chi connectivity index (χ1v) is 7.86. The van der Waals surface area contributed by atoms with E-state index in [9.17, 15) is 14.9 Å². The summed E-state index contributed by atoms with van der Waals surface area (Å²) in [5, 5.41) is 13.6. The van der Waals surface area contributed by atoms with Crippen molar-refractivity contribution in [2.45, 2.75) is 13.5 Å². The van der Waals surface area contributed by atoms with Gasteiger partial charge in [-0.1, -0.05) is 18.2 Å². The van der Waals surface area contributed by atoms with Gasteiger partial charge in [-0.2, -0.15) is 0 Å². The third-order valence-corrected chi connectivity index (χ3v) is 3.66. The van der Waals surface area contributed by atoms with Crippen LogP contribution in [0.2, 0.25) is 0 Å². The maximum absolute atomic E-state index is 12.1. The van der Waals surface area contributed by atoms with Crippen molar-refractivity contribution in [1.29, 1.82) is 0 Å². The zero-order valence-electron chi connectivity index (χ0n) is 14.0. The quantitative estimate of drug-likeness (QED) is 0.526. The third kappa shape index (κ3) is 4.07. The summed E-state index contributed by atoms with van der Waals surface area (Å²) in [5.41, 5.74) is 1.22. The van der Waals surface area contributed by atoms with Crippen molar-refractivity contribution in [3.8, 4) is 5.75 Å². The zero-order valence-corrected chi connectivity index (χ0v) is 14.0. The highest BCUT2D eigenvalue weighted by Crippen LogP contribution is 2.24. The minimum absolute atomic E-state index is 0.0372. The number of furan rings is 1. The first-order valence-electron chi connectivity index (χ1n) is 7.86. The van der Waals surface area contributed by atoms with Crippen molar-refractivity contribution in [2.24, 2.45) is 0 Å². The van der Waals surface area contributed by atoms with E-state index in [4.69, 9.17) is 9.15 Å². The molecular formula is C19H16N2O5. The number of para-hydroxylation sites is 1. The van der Waals surface area contributed by atoms with Gasteiger partial charge in [0, 0.05) is 17.3 Å². The third-order valence-electron chi connectivity index (χ3n) is 3.66. The first kappa shape index (κ1) is 17.2. The number of benzene rings is 2. The summed E-state index contributed by atoms with van der Waals surface area (Å²) < 4.78 is 11.1. The van der Waals surface area contributed by atoms with Crippen LogP contribution in [-0.4, -0.2) is 10.8 Å². The minimum atomic E-state index is -0.441. The van der Waals surface area contributed by atoms with Gasteiger partial charge < -0.3 is 14.5 Å². The molecule has 3 rings (SSSR count). The van der Waals surface area contributed by atoms with Crippen LogP contribution >= 0.6 is 0 Å². The number of hydrogen-bond acceptors (Lipinski definition) is 5. The van der Waals surface area contributed by atoms with E-state index in [1.807, 2.05) is 18.2 Å². The SMILES string of the molecule is Cc1cc(OCc2ccc(C(=O)Nc3ccccc3)o2)ccc1[N+](=O)[O-]. The van der Waals surface area contributed by atoms with Crippen LogP contribution in [0.25, 0.3) is 0 Å². The Morgan fingerprint density at radius 2 is 1.92 bits per heavy atom. The molecule has 0 saturated carbocycles. The number of hydrogen-bond donors (Lipinski definition) is 1.